The van der Waals surface area contributed by atoms with Gasteiger partial charge in [-0.3, -0.25) is 24.6 Å². The van der Waals surface area contributed by atoms with Crippen LogP contribution in [0.4, 0.5) is 17.1 Å². The number of nitrogens with zero attached hydrogens (tertiary/aromatic N) is 3. The minimum Gasteiger partial charge on any atom is -0.369 e. The Hall–Kier alpha value is -3.26. The molecule has 0 aromatic heterocycles. The molecule has 0 radical (unpaired) electrons. The van der Waals surface area contributed by atoms with Crippen molar-refractivity contribution in [1.29, 1.82) is 0 Å². The number of carbonyl (C=O) groups excluding carboxylic acids is 2. The van der Waals surface area contributed by atoms with Crippen LogP contribution >= 0.6 is 0 Å². The fraction of sp³-hybridized carbons (Fsp3) is 0.333. The Morgan fingerprint density at radius 2 is 1.59 bits per heavy atom. The zero-order valence-electron chi connectivity index (χ0n) is 16.5. The van der Waals surface area contributed by atoms with Crippen molar-refractivity contribution in [1.82, 2.24) is 4.90 Å². The van der Waals surface area contributed by atoms with E-state index in [-0.39, 0.29) is 23.4 Å². The van der Waals surface area contributed by atoms with Gasteiger partial charge in [-0.25, -0.2) is 0 Å². The van der Waals surface area contributed by atoms with Crippen molar-refractivity contribution in [3.05, 3.63) is 64.2 Å². The molecule has 0 bridgehead atoms. The van der Waals surface area contributed by atoms with Crippen molar-refractivity contribution in [2.45, 2.75) is 19.9 Å². The Bertz CT molecular complexity index is 888. The number of ketones is 1. The molecule has 0 saturated carbocycles. The minimum absolute atomic E-state index is 0.0119. The summed E-state index contributed by atoms with van der Waals surface area (Å²) in [6.07, 6.45) is 0. The summed E-state index contributed by atoms with van der Waals surface area (Å²) in [7, 11) is 0. The number of carbonyl (C=O) groups is 2. The highest BCUT2D eigenvalue weighted by Gasteiger charge is 2.26. The number of nitrogens with one attached hydrogen (secondary N) is 1. The van der Waals surface area contributed by atoms with Gasteiger partial charge in [0.05, 0.1) is 11.0 Å². The number of nitro groups is 1. The number of Topliss-reactive ketones (excluding diaryl/α,β-unsaturated/α-hetero) is 1. The fourth-order valence-electron chi connectivity index (χ4n) is 3.35. The molecule has 152 valence electrons. The Morgan fingerprint density at radius 3 is 2.10 bits per heavy atom. The molecule has 1 aliphatic heterocycles. The fourth-order valence-corrected chi connectivity index (χ4v) is 3.35. The molecule has 0 aliphatic carbocycles. The molecule has 8 heteroatoms. The normalized spacial score (nSPS) is 15.6. The topological polar surface area (TPSA) is 95.8 Å². The first-order chi connectivity index (χ1) is 13.8. The standard InChI is InChI=1S/C21H24N4O4/c1-15(21(27)22-18-5-3-17(4-6-18)16(2)26)23-11-13-24(14-12-23)19-7-9-20(10-8-19)25(28)29/h3-10,15H,11-14H2,1-2H3,(H,22,27)/t15-/m0/s1. The molecule has 1 amide bonds. The van der Waals surface area contributed by atoms with Gasteiger partial charge in [0.15, 0.2) is 5.78 Å². The molecule has 1 heterocycles. The van der Waals surface area contributed by atoms with E-state index in [0.717, 1.165) is 31.9 Å². The molecule has 3 rings (SSSR count). The second kappa shape index (κ2) is 8.83. The molecule has 1 aliphatic rings. The number of benzene rings is 2. The van der Waals surface area contributed by atoms with Crippen LogP contribution in [-0.2, 0) is 4.79 Å². The lowest BCUT2D eigenvalue weighted by molar-refractivity contribution is -0.384. The van der Waals surface area contributed by atoms with E-state index < -0.39 is 4.92 Å². The number of rotatable bonds is 6. The summed E-state index contributed by atoms with van der Waals surface area (Å²) < 4.78 is 0. The molecular weight excluding hydrogens is 372 g/mol. The van der Waals surface area contributed by atoms with Gasteiger partial charge < -0.3 is 10.2 Å². The van der Waals surface area contributed by atoms with Crippen molar-refractivity contribution >= 4 is 28.8 Å². The van der Waals surface area contributed by atoms with Crippen molar-refractivity contribution in [2.24, 2.45) is 0 Å². The van der Waals surface area contributed by atoms with Crippen molar-refractivity contribution < 1.29 is 14.5 Å². The zero-order chi connectivity index (χ0) is 21.0. The van der Waals surface area contributed by atoms with Gasteiger partial charge in [0, 0.05) is 55.2 Å². The summed E-state index contributed by atoms with van der Waals surface area (Å²) in [5.41, 5.74) is 2.29. The third-order valence-electron chi connectivity index (χ3n) is 5.23. The molecular formula is C21H24N4O4. The van der Waals surface area contributed by atoms with E-state index in [9.17, 15) is 19.7 Å². The van der Waals surface area contributed by atoms with Crippen molar-refractivity contribution in [3.8, 4) is 0 Å². The number of amides is 1. The molecule has 2 aromatic rings. The second-order valence-electron chi connectivity index (χ2n) is 7.10. The molecule has 1 atom stereocenters. The lowest BCUT2D eigenvalue weighted by Crippen LogP contribution is -2.52. The molecule has 1 fully saturated rings. The molecule has 0 spiro atoms. The lowest BCUT2D eigenvalue weighted by atomic mass is 10.1. The number of hydrogen-bond donors (Lipinski definition) is 1. The van der Waals surface area contributed by atoms with Gasteiger partial charge in [-0.2, -0.15) is 0 Å². The summed E-state index contributed by atoms with van der Waals surface area (Å²) >= 11 is 0. The molecule has 1 saturated heterocycles. The van der Waals surface area contributed by atoms with Crippen LogP contribution in [0, 0.1) is 10.1 Å². The van der Waals surface area contributed by atoms with Gasteiger partial charge in [-0.15, -0.1) is 0 Å². The lowest BCUT2D eigenvalue weighted by Gasteiger charge is -2.38. The van der Waals surface area contributed by atoms with E-state index in [1.807, 2.05) is 6.92 Å². The van der Waals surface area contributed by atoms with E-state index in [0.29, 0.717) is 11.3 Å². The van der Waals surface area contributed by atoms with E-state index in [1.54, 1.807) is 36.4 Å². The highest BCUT2D eigenvalue weighted by molar-refractivity contribution is 5.97. The first-order valence-corrected chi connectivity index (χ1v) is 9.50. The highest BCUT2D eigenvalue weighted by Crippen LogP contribution is 2.21. The number of anilines is 2. The predicted molar refractivity (Wildman–Crippen MR) is 111 cm³/mol. The largest absolute Gasteiger partial charge is 0.369 e. The average Bonchev–Trinajstić information content (AvgIpc) is 2.73. The first-order valence-electron chi connectivity index (χ1n) is 9.50. The molecule has 1 N–H and O–H groups in total. The van der Waals surface area contributed by atoms with Gasteiger partial charge in [0.25, 0.3) is 5.69 Å². The van der Waals surface area contributed by atoms with Crippen LogP contribution in [0.2, 0.25) is 0 Å². The van der Waals surface area contributed by atoms with Crippen LogP contribution in [0.3, 0.4) is 0 Å². The zero-order valence-corrected chi connectivity index (χ0v) is 16.5. The smallest absolute Gasteiger partial charge is 0.269 e. The van der Waals surface area contributed by atoms with Crippen LogP contribution in [0.1, 0.15) is 24.2 Å². The van der Waals surface area contributed by atoms with Crippen molar-refractivity contribution in [3.63, 3.8) is 0 Å². The summed E-state index contributed by atoms with van der Waals surface area (Å²) in [5, 5.41) is 13.7. The third kappa shape index (κ3) is 4.97. The van der Waals surface area contributed by atoms with Crippen LogP contribution in [0.25, 0.3) is 0 Å². The summed E-state index contributed by atoms with van der Waals surface area (Å²) in [6, 6.07) is 13.1. The van der Waals surface area contributed by atoms with Gasteiger partial charge in [0.2, 0.25) is 5.91 Å². The third-order valence-corrected chi connectivity index (χ3v) is 5.23. The monoisotopic (exact) mass is 396 g/mol. The Labute approximate surface area is 169 Å². The van der Waals surface area contributed by atoms with E-state index in [4.69, 9.17) is 0 Å². The molecule has 0 unspecified atom stereocenters. The quantitative estimate of drug-likeness (QED) is 0.458. The van der Waals surface area contributed by atoms with Crippen LogP contribution in [-0.4, -0.2) is 53.7 Å². The Kier molecular flexibility index (Phi) is 6.23. The van der Waals surface area contributed by atoms with Gasteiger partial charge >= 0.3 is 0 Å². The van der Waals surface area contributed by atoms with E-state index >= 15 is 0 Å². The number of piperazine rings is 1. The predicted octanol–water partition coefficient (Wildman–Crippen LogP) is 2.95. The van der Waals surface area contributed by atoms with Gasteiger partial charge in [-0.05, 0) is 50.2 Å². The van der Waals surface area contributed by atoms with Gasteiger partial charge in [-0.1, -0.05) is 0 Å². The SMILES string of the molecule is CC(=O)c1ccc(NC(=O)[C@H](C)N2CCN(c3ccc([N+](=O)[O-])cc3)CC2)cc1. The van der Waals surface area contributed by atoms with Crippen LogP contribution < -0.4 is 10.2 Å². The molecule has 2 aromatic carbocycles. The highest BCUT2D eigenvalue weighted by atomic mass is 16.6. The maximum Gasteiger partial charge on any atom is 0.269 e. The first kappa shape index (κ1) is 20.5. The van der Waals surface area contributed by atoms with E-state index in [2.05, 4.69) is 15.1 Å². The average molecular weight is 396 g/mol. The Balaban J connectivity index is 1.53. The number of nitro benzene ring substituents is 1. The molecule has 8 nitrogen and oxygen atoms in total. The Morgan fingerprint density at radius 1 is 1.00 bits per heavy atom. The minimum atomic E-state index is -0.407. The molecule has 29 heavy (non-hydrogen) atoms. The van der Waals surface area contributed by atoms with E-state index in [1.165, 1.54) is 19.1 Å². The maximum atomic E-state index is 12.6. The number of non-ortho nitro benzene ring substituents is 1. The van der Waals surface area contributed by atoms with Crippen LogP contribution in [0.15, 0.2) is 48.5 Å². The summed E-state index contributed by atoms with van der Waals surface area (Å²) in [6.45, 7) is 6.29. The van der Waals surface area contributed by atoms with Crippen LogP contribution in [0.5, 0.6) is 0 Å². The second-order valence-corrected chi connectivity index (χ2v) is 7.10. The summed E-state index contributed by atoms with van der Waals surface area (Å²) in [5.74, 6) is -0.105. The number of hydrogen-bond acceptors (Lipinski definition) is 6. The maximum absolute atomic E-state index is 12.6. The van der Waals surface area contributed by atoms with Gasteiger partial charge in [0.1, 0.15) is 0 Å². The van der Waals surface area contributed by atoms with Crippen molar-refractivity contribution in [2.75, 3.05) is 36.4 Å². The summed E-state index contributed by atoms with van der Waals surface area (Å²) in [4.78, 5) is 38.6.